The second kappa shape index (κ2) is 4.02. The van der Waals surface area contributed by atoms with Gasteiger partial charge in [0.05, 0.1) is 0 Å². The van der Waals surface area contributed by atoms with E-state index in [0.717, 1.165) is 18.9 Å². The highest BCUT2D eigenvalue weighted by Gasteiger charge is 2.32. The lowest BCUT2D eigenvalue weighted by Gasteiger charge is -2.15. The topological polar surface area (TPSA) is 63.8 Å². The standard InChI is InChI=1S/C11H12N4O/c1-3-12-4-2-8(1)9-5-13-6-10(9)11-14-7-16-15-11/h1-4,7,9-10,13H,5-6H2/t9-,10+/m1/s1. The third-order valence-corrected chi connectivity index (χ3v) is 3.06. The number of aromatic nitrogens is 3. The molecule has 0 amide bonds. The predicted molar refractivity (Wildman–Crippen MR) is 56.9 cm³/mol. The third-order valence-electron chi connectivity index (χ3n) is 3.06. The predicted octanol–water partition coefficient (Wildman–Crippen LogP) is 0.935. The molecule has 82 valence electrons. The molecule has 16 heavy (non-hydrogen) atoms. The van der Waals surface area contributed by atoms with Crippen LogP contribution < -0.4 is 5.32 Å². The summed E-state index contributed by atoms with van der Waals surface area (Å²) < 4.78 is 4.81. The highest BCUT2D eigenvalue weighted by Crippen LogP contribution is 2.33. The Kier molecular flexibility index (Phi) is 2.38. The van der Waals surface area contributed by atoms with Gasteiger partial charge in [-0.1, -0.05) is 5.16 Å². The van der Waals surface area contributed by atoms with Gasteiger partial charge in [-0.25, -0.2) is 0 Å². The van der Waals surface area contributed by atoms with E-state index in [2.05, 4.69) is 20.4 Å². The lowest BCUT2D eigenvalue weighted by Crippen LogP contribution is -2.10. The molecule has 1 aliphatic rings. The minimum absolute atomic E-state index is 0.293. The van der Waals surface area contributed by atoms with Crippen LogP contribution in [0.3, 0.4) is 0 Å². The van der Waals surface area contributed by atoms with Crippen molar-refractivity contribution in [2.24, 2.45) is 0 Å². The van der Waals surface area contributed by atoms with Gasteiger partial charge in [-0.05, 0) is 17.7 Å². The van der Waals surface area contributed by atoms with Crippen molar-refractivity contribution in [2.45, 2.75) is 11.8 Å². The van der Waals surface area contributed by atoms with Crippen molar-refractivity contribution in [3.63, 3.8) is 0 Å². The van der Waals surface area contributed by atoms with E-state index < -0.39 is 0 Å². The second-order valence-electron chi connectivity index (χ2n) is 3.94. The van der Waals surface area contributed by atoms with Crippen LogP contribution in [0.5, 0.6) is 0 Å². The van der Waals surface area contributed by atoms with Crippen LogP contribution in [0.25, 0.3) is 0 Å². The van der Waals surface area contributed by atoms with Crippen LogP contribution in [-0.2, 0) is 0 Å². The Morgan fingerprint density at radius 2 is 2.00 bits per heavy atom. The van der Waals surface area contributed by atoms with Crippen molar-refractivity contribution in [1.29, 1.82) is 0 Å². The molecule has 3 heterocycles. The van der Waals surface area contributed by atoms with Crippen molar-refractivity contribution < 1.29 is 4.52 Å². The van der Waals surface area contributed by atoms with Crippen LogP contribution in [0, 0.1) is 0 Å². The molecule has 3 rings (SSSR count). The Labute approximate surface area is 92.9 Å². The Bertz CT molecular complexity index is 442. The molecule has 0 saturated carbocycles. The Balaban J connectivity index is 1.90. The van der Waals surface area contributed by atoms with E-state index in [-0.39, 0.29) is 0 Å². The first-order chi connectivity index (χ1) is 7.95. The van der Waals surface area contributed by atoms with Crippen LogP contribution in [0.15, 0.2) is 35.4 Å². The van der Waals surface area contributed by atoms with E-state index in [1.54, 1.807) is 0 Å². The molecule has 0 aliphatic carbocycles. The number of hydrogen-bond donors (Lipinski definition) is 1. The fourth-order valence-electron chi connectivity index (χ4n) is 2.25. The minimum atomic E-state index is 0.293. The molecule has 2 aromatic heterocycles. The largest absolute Gasteiger partial charge is 0.343 e. The van der Waals surface area contributed by atoms with Crippen molar-refractivity contribution in [2.75, 3.05) is 13.1 Å². The summed E-state index contributed by atoms with van der Waals surface area (Å²) in [6.07, 6.45) is 5.03. The quantitative estimate of drug-likeness (QED) is 0.809. The monoisotopic (exact) mass is 216 g/mol. The van der Waals surface area contributed by atoms with Gasteiger partial charge < -0.3 is 9.84 Å². The van der Waals surface area contributed by atoms with Crippen LogP contribution in [0.2, 0.25) is 0 Å². The molecule has 0 radical (unpaired) electrons. The molecule has 2 atom stereocenters. The van der Waals surface area contributed by atoms with Crippen molar-refractivity contribution in [1.82, 2.24) is 20.4 Å². The van der Waals surface area contributed by atoms with E-state index in [1.807, 2.05) is 24.5 Å². The van der Waals surface area contributed by atoms with Gasteiger partial charge in [0.2, 0.25) is 6.39 Å². The van der Waals surface area contributed by atoms with Crippen molar-refractivity contribution in [3.8, 4) is 0 Å². The molecule has 1 aliphatic heterocycles. The summed E-state index contributed by atoms with van der Waals surface area (Å²) in [5.41, 5.74) is 1.27. The molecular formula is C11H12N4O. The first-order valence-electron chi connectivity index (χ1n) is 5.32. The molecule has 5 heteroatoms. The second-order valence-corrected chi connectivity index (χ2v) is 3.94. The number of rotatable bonds is 2. The van der Waals surface area contributed by atoms with E-state index >= 15 is 0 Å². The van der Waals surface area contributed by atoms with Gasteiger partial charge in [-0.3, -0.25) is 4.98 Å². The minimum Gasteiger partial charge on any atom is -0.343 e. The smallest absolute Gasteiger partial charge is 0.213 e. The van der Waals surface area contributed by atoms with Crippen LogP contribution in [0.1, 0.15) is 23.2 Å². The van der Waals surface area contributed by atoms with Crippen LogP contribution in [0.4, 0.5) is 0 Å². The molecule has 1 saturated heterocycles. The zero-order chi connectivity index (χ0) is 10.8. The Hall–Kier alpha value is -1.75. The molecular weight excluding hydrogens is 204 g/mol. The van der Waals surface area contributed by atoms with E-state index in [4.69, 9.17) is 4.52 Å². The first-order valence-corrected chi connectivity index (χ1v) is 5.32. The third kappa shape index (κ3) is 1.59. The fraction of sp³-hybridized carbons (Fsp3) is 0.364. The molecule has 0 aromatic carbocycles. The van der Waals surface area contributed by atoms with E-state index in [0.29, 0.717) is 11.8 Å². The van der Waals surface area contributed by atoms with Gasteiger partial charge in [0, 0.05) is 37.3 Å². The molecule has 1 fully saturated rings. The van der Waals surface area contributed by atoms with Crippen molar-refractivity contribution >= 4 is 0 Å². The average molecular weight is 216 g/mol. The summed E-state index contributed by atoms with van der Waals surface area (Å²) in [4.78, 5) is 8.17. The maximum Gasteiger partial charge on any atom is 0.213 e. The van der Waals surface area contributed by atoms with Crippen LogP contribution >= 0.6 is 0 Å². The molecule has 2 aromatic rings. The first kappa shape index (κ1) is 9.47. The summed E-state index contributed by atoms with van der Waals surface area (Å²) in [6.45, 7) is 1.84. The SMILES string of the molecule is c1cc([C@H]2CNC[C@@H]2c2ncon2)ccn1. The summed E-state index contributed by atoms with van der Waals surface area (Å²) in [6, 6.07) is 4.09. The zero-order valence-corrected chi connectivity index (χ0v) is 8.71. The maximum absolute atomic E-state index is 4.81. The lowest BCUT2D eigenvalue weighted by molar-refractivity contribution is 0.403. The number of nitrogens with zero attached hydrogens (tertiary/aromatic N) is 3. The summed E-state index contributed by atoms with van der Waals surface area (Å²) in [7, 11) is 0. The average Bonchev–Trinajstić information content (AvgIpc) is 3.01. The van der Waals surface area contributed by atoms with Gasteiger partial charge in [-0.2, -0.15) is 4.98 Å². The summed E-state index contributed by atoms with van der Waals surface area (Å²) in [5, 5.41) is 7.30. The zero-order valence-electron chi connectivity index (χ0n) is 8.71. The number of hydrogen-bond acceptors (Lipinski definition) is 5. The molecule has 0 bridgehead atoms. The summed E-state index contributed by atoms with van der Waals surface area (Å²) >= 11 is 0. The lowest BCUT2D eigenvalue weighted by atomic mass is 9.89. The highest BCUT2D eigenvalue weighted by molar-refractivity contribution is 5.23. The van der Waals surface area contributed by atoms with Gasteiger partial charge in [-0.15, -0.1) is 0 Å². The molecule has 5 nitrogen and oxygen atoms in total. The highest BCUT2D eigenvalue weighted by atomic mass is 16.5. The van der Waals surface area contributed by atoms with Gasteiger partial charge in [0.1, 0.15) is 0 Å². The molecule has 1 N–H and O–H groups in total. The van der Waals surface area contributed by atoms with E-state index in [1.165, 1.54) is 12.0 Å². The van der Waals surface area contributed by atoms with Crippen LogP contribution in [-0.4, -0.2) is 28.2 Å². The Morgan fingerprint density at radius 3 is 2.75 bits per heavy atom. The van der Waals surface area contributed by atoms with Gasteiger partial charge in [0.15, 0.2) is 5.82 Å². The number of pyridine rings is 1. The van der Waals surface area contributed by atoms with Gasteiger partial charge >= 0.3 is 0 Å². The molecule has 0 spiro atoms. The number of nitrogens with one attached hydrogen (secondary N) is 1. The molecule has 0 unspecified atom stereocenters. The fourth-order valence-corrected chi connectivity index (χ4v) is 2.25. The normalized spacial score (nSPS) is 24.8. The van der Waals surface area contributed by atoms with E-state index in [9.17, 15) is 0 Å². The van der Waals surface area contributed by atoms with Gasteiger partial charge in [0.25, 0.3) is 0 Å². The summed E-state index contributed by atoms with van der Waals surface area (Å²) in [5.74, 6) is 1.48. The van der Waals surface area contributed by atoms with Crippen molar-refractivity contribution in [3.05, 3.63) is 42.3 Å². The Morgan fingerprint density at radius 1 is 1.19 bits per heavy atom. The maximum atomic E-state index is 4.81.